The molecule has 1 aromatic rings. The average molecular weight is 304 g/mol. The molecule has 0 spiro atoms. The number of hydrogen-bond acceptors (Lipinski definition) is 2. The Kier molecular flexibility index (Phi) is 4.51. The molecule has 0 aromatic heterocycles. The number of phenols is 1. The van der Waals surface area contributed by atoms with E-state index in [-0.39, 0.29) is 11.3 Å². The van der Waals surface area contributed by atoms with Gasteiger partial charge < -0.3 is 10.4 Å². The Labute approximate surface area is 108 Å². The molecule has 1 unspecified atom stereocenters. The summed E-state index contributed by atoms with van der Waals surface area (Å²) in [5, 5.41) is 12.9. The summed E-state index contributed by atoms with van der Waals surface area (Å²) in [6.45, 7) is 3.84. The van der Waals surface area contributed by atoms with Gasteiger partial charge in [0.25, 0.3) is 5.91 Å². The first-order chi connectivity index (χ1) is 7.91. The van der Waals surface area contributed by atoms with E-state index in [1.807, 2.05) is 13.8 Å². The first-order valence-electron chi connectivity index (χ1n) is 5.29. The zero-order valence-corrected chi connectivity index (χ0v) is 11.3. The van der Waals surface area contributed by atoms with Gasteiger partial charge in [-0.05, 0) is 25.5 Å². The highest BCUT2D eigenvalue weighted by molar-refractivity contribution is 9.09. The van der Waals surface area contributed by atoms with Crippen molar-refractivity contribution in [2.75, 3.05) is 5.33 Å². The van der Waals surface area contributed by atoms with Crippen LogP contribution in [0, 0.1) is 5.82 Å². The Balaban J connectivity index is 2.90. The molecule has 3 nitrogen and oxygen atoms in total. The number of halogens is 2. The van der Waals surface area contributed by atoms with Gasteiger partial charge in [0.15, 0.2) is 0 Å². The van der Waals surface area contributed by atoms with Crippen molar-refractivity contribution in [3.05, 3.63) is 29.6 Å². The zero-order chi connectivity index (χ0) is 13.1. The number of carbonyl (C=O) groups excluding carboxylic acids is 1. The normalized spacial score (nSPS) is 14.1. The minimum atomic E-state index is -0.571. The number of benzene rings is 1. The van der Waals surface area contributed by atoms with Gasteiger partial charge in [-0.1, -0.05) is 22.9 Å². The summed E-state index contributed by atoms with van der Waals surface area (Å²) in [6, 6.07) is 3.34. The van der Waals surface area contributed by atoms with E-state index in [2.05, 4.69) is 21.2 Å². The smallest absolute Gasteiger partial charge is 0.255 e. The highest BCUT2D eigenvalue weighted by atomic mass is 79.9. The van der Waals surface area contributed by atoms with E-state index >= 15 is 0 Å². The van der Waals surface area contributed by atoms with Crippen molar-refractivity contribution >= 4 is 21.8 Å². The van der Waals surface area contributed by atoms with Crippen LogP contribution in [0.4, 0.5) is 4.39 Å². The van der Waals surface area contributed by atoms with E-state index in [9.17, 15) is 14.3 Å². The second-order valence-electron chi connectivity index (χ2n) is 4.16. The van der Waals surface area contributed by atoms with Crippen molar-refractivity contribution in [1.82, 2.24) is 5.32 Å². The topological polar surface area (TPSA) is 49.3 Å². The van der Waals surface area contributed by atoms with Crippen molar-refractivity contribution in [2.45, 2.75) is 25.8 Å². The number of carbonyl (C=O) groups is 1. The maximum absolute atomic E-state index is 12.8. The monoisotopic (exact) mass is 303 g/mol. The SMILES string of the molecule is CCC(C)(CBr)NC(=O)c1ccc(F)cc1O. The van der Waals surface area contributed by atoms with Crippen LogP contribution >= 0.6 is 15.9 Å². The molecular weight excluding hydrogens is 289 g/mol. The molecule has 5 heteroatoms. The van der Waals surface area contributed by atoms with Gasteiger partial charge in [0.1, 0.15) is 11.6 Å². The molecule has 0 radical (unpaired) electrons. The van der Waals surface area contributed by atoms with Crippen LogP contribution in [0.2, 0.25) is 0 Å². The summed E-state index contributed by atoms with van der Waals surface area (Å²) >= 11 is 3.33. The zero-order valence-electron chi connectivity index (χ0n) is 9.76. The van der Waals surface area contributed by atoms with Gasteiger partial charge in [-0.3, -0.25) is 4.79 Å². The van der Waals surface area contributed by atoms with Crippen LogP contribution < -0.4 is 5.32 Å². The molecule has 2 N–H and O–H groups in total. The summed E-state index contributed by atoms with van der Waals surface area (Å²) in [5.41, 5.74) is -0.315. The number of aromatic hydroxyl groups is 1. The maximum Gasteiger partial charge on any atom is 0.255 e. The number of rotatable bonds is 4. The van der Waals surface area contributed by atoms with Crippen LogP contribution in [0.25, 0.3) is 0 Å². The molecule has 17 heavy (non-hydrogen) atoms. The minimum absolute atomic E-state index is 0.0759. The van der Waals surface area contributed by atoms with Gasteiger partial charge in [0.2, 0.25) is 0 Å². The van der Waals surface area contributed by atoms with Gasteiger partial charge in [0.05, 0.1) is 5.56 Å². The lowest BCUT2D eigenvalue weighted by atomic mass is 10.0. The maximum atomic E-state index is 12.8. The molecule has 1 aromatic carbocycles. The van der Waals surface area contributed by atoms with Crippen molar-refractivity contribution in [3.8, 4) is 5.75 Å². The van der Waals surface area contributed by atoms with E-state index in [0.29, 0.717) is 5.33 Å². The van der Waals surface area contributed by atoms with E-state index in [4.69, 9.17) is 0 Å². The minimum Gasteiger partial charge on any atom is -0.507 e. The Morgan fingerprint density at radius 3 is 2.71 bits per heavy atom. The van der Waals surface area contributed by atoms with Crippen LogP contribution in [0.3, 0.4) is 0 Å². The fourth-order valence-corrected chi connectivity index (χ4v) is 1.79. The second kappa shape index (κ2) is 5.49. The molecule has 1 atom stereocenters. The quantitative estimate of drug-likeness (QED) is 0.840. The Morgan fingerprint density at radius 1 is 1.59 bits per heavy atom. The molecule has 0 saturated carbocycles. The third kappa shape index (κ3) is 3.43. The number of hydrogen-bond donors (Lipinski definition) is 2. The summed E-state index contributed by atoms with van der Waals surface area (Å²) < 4.78 is 12.8. The first kappa shape index (κ1) is 14.0. The highest BCUT2D eigenvalue weighted by Crippen LogP contribution is 2.20. The molecule has 94 valence electrons. The number of nitrogens with one attached hydrogen (secondary N) is 1. The highest BCUT2D eigenvalue weighted by Gasteiger charge is 2.24. The van der Waals surface area contributed by atoms with Crippen LogP contribution in [0.15, 0.2) is 18.2 Å². The van der Waals surface area contributed by atoms with Gasteiger partial charge in [-0.15, -0.1) is 0 Å². The van der Waals surface area contributed by atoms with Crippen molar-refractivity contribution in [3.63, 3.8) is 0 Å². The molecule has 1 amide bonds. The van der Waals surface area contributed by atoms with Gasteiger partial charge >= 0.3 is 0 Å². The van der Waals surface area contributed by atoms with Crippen LogP contribution in [0.1, 0.15) is 30.6 Å². The van der Waals surface area contributed by atoms with E-state index in [1.54, 1.807) is 0 Å². The molecule has 1 rings (SSSR count). The lowest BCUT2D eigenvalue weighted by molar-refractivity contribution is 0.0910. The third-order valence-corrected chi connectivity index (χ3v) is 3.93. The summed E-state index contributed by atoms with van der Waals surface area (Å²) in [4.78, 5) is 11.9. The second-order valence-corrected chi connectivity index (χ2v) is 4.72. The molecule has 0 aliphatic carbocycles. The Bertz CT molecular complexity index is 419. The van der Waals surface area contributed by atoms with E-state index in [1.165, 1.54) is 6.07 Å². The molecule has 0 aliphatic rings. The average Bonchev–Trinajstić information content (AvgIpc) is 2.28. The largest absolute Gasteiger partial charge is 0.507 e. The standard InChI is InChI=1S/C12H15BrFNO2/c1-3-12(2,7-13)15-11(17)9-5-4-8(14)6-10(9)16/h4-6,16H,3,7H2,1-2H3,(H,15,17). The van der Waals surface area contributed by atoms with E-state index < -0.39 is 17.3 Å². The third-order valence-electron chi connectivity index (χ3n) is 2.69. The summed E-state index contributed by atoms with van der Waals surface area (Å²) in [5.74, 6) is -1.33. The van der Waals surface area contributed by atoms with Gasteiger partial charge in [-0.25, -0.2) is 4.39 Å². The fraction of sp³-hybridized carbons (Fsp3) is 0.417. The number of phenolic OH excluding ortho intramolecular Hbond substituents is 1. The van der Waals surface area contributed by atoms with Crippen molar-refractivity contribution < 1.29 is 14.3 Å². The van der Waals surface area contributed by atoms with Crippen molar-refractivity contribution in [1.29, 1.82) is 0 Å². The van der Waals surface area contributed by atoms with Crippen LogP contribution in [0.5, 0.6) is 5.75 Å². The Hall–Kier alpha value is -1.10. The van der Waals surface area contributed by atoms with Gasteiger partial charge in [-0.2, -0.15) is 0 Å². The molecule has 0 aliphatic heterocycles. The van der Waals surface area contributed by atoms with Crippen molar-refractivity contribution in [2.24, 2.45) is 0 Å². The number of alkyl halides is 1. The predicted octanol–water partition coefficient (Wildman–Crippen LogP) is 2.82. The molecule has 0 heterocycles. The number of amides is 1. The fourth-order valence-electron chi connectivity index (χ4n) is 1.25. The molecule has 0 bridgehead atoms. The predicted molar refractivity (Wildman–Crippen MR) is 68.0 cm³/mol. The lowest BCUT2D eigenvalue weighted by Gasteiger charge is -2.27. The van der Waals surface area contributed by atoms with Crippen LogP contribution in [-0.4, -0.2) is 21.9 Å². The van der Waals surface area contributed by atoms with Crippen LogP contribution in [-0.2, 0) is 0 Å². The summed E-state index contributed by atoms with van der Waals surface area (Å²) in [7, 11) is 0. The summed E-state index contributed by atoms with van der Waals surface area (Å²) in [6.07, 6.45) is 0.742. The van der Waals surface area contributed by atoms with Gasteiger partial charge in [0, 0.05) is 16.9 Å². The lowest BCUT2D eigenvalue weighted by Crippen LogP contribution is -2.46. The molecule has 0 saturated heterocycles. The molecule has 0 fully saturated rings. The van der Waals surface area contributed by atoms with E-state index in [0.717, 1.165) is 18.6 Å². The molecular formula is C12H15BrFNO2. The first-order valence-corrected chi connectivity index (χ1v) is 6.41. The Morgan fingerprint density at radius 2 is 2.24 bits per heavy atom.